The molecule has 0 bridgehead atoms. The number of ether oxygens (including phenoxy) is 2. The monoisotopic (exact) mass is 602 g/mol. The Balaban J connectivity index is 1.41. The Morgan fingerprint density at radius 2 is 0.935 bits per heavy atom. The summed E-state index contributed by atoms with van der Waals surface area (Å²) in [6.07, 6.45) is 7.56. The quantitative estimate of drug-likeness (QED) is 0.185. The molecule has 0 saturated carbocycles. The highest BCUT2D eigenvalue weighted by Crippen LogP contribution is 2.45. The second-order valence-corrected chi connectivity index (χ2v) is 13.4. The van der Waals surface area contributed by atoms with Crippen LogP contribution in [-0.4, -0.2) is 46.1 Å². The maximum absolute atomic E-state index is 6.02. The lowest BCUT2D eigenvalue weighted by Crippen LogP contribution is -2.17. The highest BCUT2D eigenvalue weighted by Gasteiger charge is 2.29. The van der Waals surface area contributed by atoms with Gasteiger partial charge in [-0.3, -0.25) is 9.97 Å². The Kier molecular flexibility index (Phi) is 6.50. The van der Waals surface area contributed by atoms with Crippen molar-refractivity contribution in [2.24, 2.45) is 9.98 Å². The molecule has 46 heavy (non-hydrogen) atoms. The van der Waals surface area contributed by atoms with Crippen LogP contribution in [0.4, 0.5) is 0 Å². The Morgan fingerprint density at radius 1 is 0.457 bits per heavy atom. The van der Waals surface area contributed by atoms with E-state index in [-0.39, 0.29) is 11.1 Å². The fraction of sp³-hybridized carbons (Fsp3) is 0.200. The predicted octanol–water partition coefficient (Wildman–Crippen LogP) is 8.89. The van der Waals surface area contributed by atoms with Gasteiger partial charge in [-0.2, -0.15) is 0 Å². The first-order valence-electron chi connectivity index (χ1n) is 15.7. The van der Waals surface area contributed by atoms with Crippen molar-refractivity contribution in [1.82, 2.24) is 9.97 Å². The van der Waals surface area contributed by atoms with Gasteiger partial charge in [0.15, 0.2) is 0 Å². The van der Waals surface area contributed by atoms with Gasteiger partial charge in [0, 0.05) is 35.9 Å². The molecule has 6 nitrogen and oxygen atoms in total. The van der Waals surface area contributed by atoms with Crippen LogP contribution in [0, 0.1) is 0 Å². The maximum atomic E-state index is 6.02. The van der Waals surface area contributed by atoms with Gasteiger partial charge in [-0.1, -0.05) is 66.7 Å². The molecular formula is C40H34N4O2. The number of hydrogen-bond acceptors (Lipinski definition) is 6. The van der Waals surface area contributed by atoms with Crippen molar-refractivity contribution in [3.05, 3.63) is 121 Å². The number of nitrogens with zero attached hydrogens (tertiary/aromatic N) is 4. The number of aromatic nitrogens is 2. The molecule has 0 radical (unpaired) electrons. The molecule has 0 spiro atoms. The molecule has 4 heterocycles. The van der Waals surface area contributed by atoms with Gasteiger partial charge in [-0.25, -0.2) is 9.98 Å². The number of rotatable bonds is 5. The van der Waals surface area contributed by atoms with E-state index in [1.54, 1.807) is 0 Å². The first-order chi connectivity index (χ1) is 22.2. The van der Waals surface area contributed by atoms with Crippen LogP contribution in [0.15, 0.2) is 120 Å². The van der Waals surface area contributed by atoms with E-state index in [2.05, 4.69) is 112 Å². The second-order valence-electron chi connectivity index (χ2n) is 13.4. The van der Waals surface area contributed by atoms with Crippen molar-refractivity contribution in [2.75, 3.05) is 13.2 Å². The summed E-state index contributed by atoms with van der Waals surface area (Å²) < 4.78 is 12.0. The van der Waals surface area contributed by atoms with Crippen molar-refractivity contribution >= 4 is 33.3 Å². The molecule has 4 aromatic carbocycles. The van der Waals surface area contributed by atoms with Crippen molar-refractivity contribution in [1.29, 1.82) is 0 Å². The molecule has 226 valence electrons. The normalized spacial score (nSPS) is 16.6. The van der Waals surface area contributed by atoms with Crippen molar-refractivity contribution < 1.29 is 9.47 Å². The zero-order chi connectivity index (χ0) is 31.5. The van der Waals surface area contributed by atoms with Gasteiger partial charge in [-0.05, 0) is 89.7 Å². The summed E-state index contributed by atoms with van der Waals surface area (Å²) in [5, 5.41) is 4.52. The lowest BCUT2D eigenvalue weighted by molar-refractivity contribution is 0.279. The Morgan fingerprint density at radius 3 is 1.46 bits per heavy atom. The fourth-order valence-electron chi connectivity index (χ4n) is 6.46. The minimum atomic E-state index is -0.260. The maximum Gasteiger partial charge on any atom is 0.218 e. The molecular weight excluding hydrogens is 568 g/mol. The summed E-state index contributed by atoms with van der Waals surface area (Å²) in [6.45, 7) is 9.43. The molecule has 2 aromatic heterocycles. The summed E-state index contributed by atoms with van der Waals surface area (Å²) in [6, 6.07) is 30.2. The van der Waals surface area contributed by atoms with Crippen LogP contribution in [-0.2, 0) is 9.47 Å². The first kappa shape index (κ1) is 28.1. The third-order valence-electron chi connectivity index (χ3n) is 8.61. The summed E-state index contributed by atoms with van der Waals surface area (Å²) >= 11 is 0. The molecule has 2 aliphatic heterocycles. The van der Waals surface area contributed by atoms with Crippen LogP contribution in [0.25, 0.3) is 54.9 Å². The second kappa shape index (κ2) is 10.6. The molecule has 0 N–H and O–H groups in total. The zero-order valence-electron chi connectivity index (χ0n) is 26.4. The molecule has 2 aliphatic rings. The lowest BCUT2D eigenvalue weighted by atomic mass is 9.85. The van der Waals surface area contributed by atoms with Crippen molar-refractivity contribution in [2.45, 2.75) is 38.8 Å². The average Bonchev–Trinajstić information content (AvgIpc) is 3.64. The number of hydrogen-bond donors (Lipinski definition) is 0. The molecule has 0 saturated heterocycles. The van der Waals surface area contributed by atoms with Gasteiger partial charge >= 0.3 is 0 Å². The van der Waals surface area contributed by atoms with E-state index in [1.807, 2.05) is 30.9 Å². The fourth-order valence-corrected chi connectivity index (χ4v) is 6.46. The smallest absolute Gasteiger partial charge is 0.218 e. The third-order valence-corrected chi connectivity index (χ3v) is 8.61. The minimum Gasteiger partial charge on any atom is -0.475 e. The molecule has 6 aromatic rings. The summed E-state index contributed by atoms with van der Waals surface area (Å²) in [5.74, 6) is 1.27. The van der Waals surface area contributed by atoms with Crippen molar-refractivity contribution in [3.63, 3.8) is 0 Å². The molecule has 0 atom stereocenters. The van der Waals surface area contributed by atoms with E-state index in [0.29, 0.717) is 25.0 Å². The SMILES string of the molecule is CC1(C)COC(c2cncc(-c3c4ccccc4c(-c4cncc(C5=NC(C)(C)CO5)c4)c4cc(-c5ccccc5)ccc34)c2)=N1. The topological polar surface area (TPSA) is 69.0 Å². The van der Waals surface area contributed by atoms with Gasteiger partial charge in [0.1, 0.15) is 13.2 Å². The average molecular weight is 603 g/mol. The van der Waals surface area contributed by atoms with Gasteiger partial charge in [0.05, 0.1) is 22.2 Å². The Hall–Kier alpha value is -5.36. The van der Waals surface area contributed by atoms with Gasteiger partial charge in [0.25, 0.3) is 0 Å². The summed E-state index contributed by atoms with van der Waals surface area (Å²) in [5.41, 5.74) is 7.81. The first-order valence-corrected chi connectivity index (χ1v) is 15.7. The van der Waals surface area contributed by atoms with E-state index in [1.165, 1.54) is 0 Å². The standard InChI is InChI=1S/C40H34N4O2/c1-39(2)23-45-37(43-39)29-16-27(19-41-21-29)35-31-12-8-9-13-32(31)36(28-17-30(22-42-20-28)38-44-40(3,4)24-46-38)34-18-26(14-15-33(34)35)25-10-6-5-7-11-25/h5-22H,23-24H2,1-4H3. The molecule has 0 aliphatic carbocycles. The molecule has 0 amide bonds. The lowest BCUT2D eigenvalue weighted by Gasteiger charge is -2.19. The van der Waals surface area contributed by atoms with Crippen LogP contribution in [0.1, 0.15) is 38.8 Å². The third kappa shape index (κ3) is 5.00. The van der Waals surface area contributed by atoms with Crippen LogP contribution in [0.5, 0.6) is 0 Å². The molecule has 6 heteroatoms. The Labute approximate surface area is 268 Å². The van der Waals surface area contributed by atoms with E-state index in [0.717, 1.165) is 66.1 Å². The largest absolute Gasteiger partial charge is 0.475 e. The van der Waals surface area contributed by atoms with E-state index < -0.39 is 0 Å². The van der Waals surface area contributed by atoms with Gasteiger partial charge in [-0.15, -0.1) is 0 Å². The molecule has 0 unspecified atom stereocenters. The van der Waals surface area contributed by atoms with Crippen LogP contribution in [0.3, 0.4) is 0 Å². The van der Waals surface area contributed by atoms with Crippen LogP contribution in [0.2, 0.25) is 0 Å². The van der Waals surface area contributed by atoms with Gasteiger partial charge in [0.2, 0.25) is 11.8 Å². The highest BCUT2D eigenvalue weighted by molar-refractivity contribution is 6.22. The molecule has 0 fully saturated rings. The zero-order valence-corrected chi connectivity index (χ0v) is 26.4. The van der Waals surface area contributed by atoms with Crippen LogP contribution >= 0.6 is 0 Å². The number of pyridine rings is 2. The summed E-state index contributed by atoms with van der Waals surface area (Å²) in [7, 11) is 0. The van der Waals surface area contributed by atoms with E-state index >= 15 is 0 Å². The summed E-state index contributed by atoms with van der Waals surface area (Å²) in [4.78, 5) is 19.0. The number of aliphatic imine (C=N–C) groups is 2. The highest BCUT2D eigenvalue weighted by atomic mass is 16.5. The van der Waals surface area contributed by atoms with Crippen molar-refractivity contribution in [3.8, 4) is 33.4 Å². The number of benzene rings is 4. The van der Waals surface area contributed by atoms with E-state index in [9.17, 15) is 0 Å². The van der Waals surface area contributed by atoms with E-state index in [4.69, 9.17) is 24.4 Å². The predicted molar refractivity (Wildman–Crippen MR) is 186 cm³/mol. The Bertz CT molecular complexity index is 2220. The van der Waals surface area contributed by atoms with Crippen LogP contribution < -0.4 is 0 Å². The molecule has 8 rings (SSSR count). The minimum absolute atomic E-state index is 0.256. The van der Waals surface area contributed by atoms with Gasteiger partial charge < -0.3 is 9.47 Å². The number of fused-ring (bicyclic) bond motifs is 2.